The summed E-state index contributed by atoms with van der Waals surface area (Å²) in [6.07, 6.45) is 3.30. The van der Waals surface area contributed by atoms with Crippen LogP contribution in [0.2, 0.25) is 0 Å². The van der Waals surface area contributed by atoms with Crippen molar-refractivity contribution in [3.63, 3.8) is 0 Å². The fourth-order valence-corrected chi connectivity index (χ4v) is 2.34. The Labute approximate surface area is 141 Å². The van der Waals surface area contributed by atoms with Crippen LogP contribution >= 0.6 is 0 Å². The van der Waals surface area contributed by atoms with Gasteiger partial charge in [-0.05, 0) is 17.2 Å². The Morgan fingerprint density at radius 3 is 2.12 bits per heavy atom. The van der Waals surface area contributed by atoms with Gasteiger partial charge in [0.15, 0.2) is 0 Å². The van der Waals surface area contributed by atoms with Crippen LogP contribution in [0.15, 0.2) is 79.1 Å². The third-order valence-corrected chi connectivity index (χ3v) is 3.64. The van der Waals surface area contributed by atoms with Gasteiger partial charge in [-0.1, -0.05) is 60.7 Å². The molecule has 3 rings (SSSR count). The Morgan fingerprint density at radius 2 is 1.46 bits per heavy atom. The number of nitrogens with one attached hydrogen (secondary N) is 2. The minimum Gasteiger partial charge on any atom is -0.380 e. The first-order valence-corrected chi connectivity index (χ1v) is 7.86. The van der Waals surface area contributed by atoms with Crippen molar-refractivity contribution in [3.8, 4) is 0 Å². The lowest BCUT2D eigenvalue weighted by Gasteiger charge is -2.09. The average molecular weight is 317 g/mol. The summed E-state index contributed by atoms with van der Waals surface area (Å²) in [6.45, 7) is 1.19. The zero-order valence-electron chi connectivity index (χ0n) is 13.3. The average Bonchev–Trinajstić information content (AvgIpc) is 2.66. The van der Waals surface area contributed by atoms with Crippen LogP contribution in [-0.4, -0.2) is 10.9 Å². The monoisotopic (exact) mass is 317 g/mol. The number of nitrogens with zero attached hydrogens (tertiary/aromatic N) is 1. The number of carbonyl (C=O) groups excluding carboxylic acids is 1. The topological polar surface area (TPSA) is 54.0 Å². The van der Waals surface area contributed by atoms with Crippen molar-refractivity contribution in [1.29, 1.82) is 0 Å². The molecule has 2 aromatic carbocycles. The Balaban J connectivity index is 1.59. The van der Waals surface area contributed by atoms with Gasteiger partial charge in [0, 0.05) is 25.5 Å². The molecular weight excluding hydrogens is 298 g/mol. The maximum atomic E-state index is 12.3. The summed E-state index contributed by atoms with van der Waals surface area (Å²) in [4.78, 5) is 16.4. The summed E-state index contributed by atoms with van der Waals surface area (Å²) in [5, 5.41) is 6.20. The van der Waals surface area contributed by atoms with Gasteiger partial charge in [0.1, 0.15) is 0 Å². The number of hydrogen-bond acceptors (Lipinski definition) is 3. The molecule has 0 fully saturated rings. The Hall–Kier alpha value is -3.14. The fraction of sp³-hybridized carbons (Fsp3) is 0.100. The SMILES string of the molecule is O=C(NCc1ccccc1)c1cncc(NCc2ccccc2)c1. The number of rotatable bonds is 6. The van der Waals surface area contributed by atoms with E-state index in [0.29, 0.717) is 18.7 Å². The van der Waals surface area contributed by atoms with Gasteiger partial charge >= 0.3 is 0 Å². The van der Waals surface area contributed by atoms with Crippen molar-refractivity contribution >= 4 is 11.6 Å². The standard InChI is InChI=1S/C20H19N3O/c24-20(23-13-17-9-5-2-6-10-17)18-11-19(15-21-14-18)22-12-16-7-3-1-4-8-16/h1-11,14-15,22H,12-13H2,(H,23,24). The Kier molecular flexibility index (Phi) is 5.20. The molecule has 0 atom stereocenters. The molecule has 0 saturated carbocycles. The minimum atomic E-state index is -0.130. The largest absolute Gasteiger partial charge is 0.380 e. The van der Waals surface area contributed by atoms with Crippen molar-refractivity contribution < 1.29 is 4.79 Å². The van der Waals surface area contributed by atoms with Crippen LogP contribution in [0.1, 0.15) is 21.5 Å². The van der Waals surface area contributed by atoms with Gasteiger partial charge in [0.25, 0.3) is 5.91 Å². The van der Waals surface area contributed by atoms with Crippen LogP contribution in [0.4, 0.5) is 5.69 Å². The molecule has 0 aliphatic heterocycles. The smallest absolute Gasteiger partial charge is 0.253 e. The van der Waals surface area contributed by atoms with Gasteiger partial charge in [0.05, 0.1) is 11.3 Å². The predicted molar refractivity (Wildman–Crippen MR) is 95.6 cm³/mol. The summed E-state index contributed by atoms with van der Waals surface area (Å²) < 4.78 is 0. The van der Waals surface area contributed by atoms with E-state index in [4.69, 9.17) is 0 Å². The number of hydrogen-bond donors (Lipinski definition) is 2. The molecule has 24 heavy (non-hydrogen) atoms. The van der Waals surface area contributed by atoms with Gasteiger partial charge in [-0.3, -0.25) is 9.78 Å². The molecule has 0 aliphatic rings. The summed E-state index contributed by atoms with van der Waals surface area (Å²) in [6, 6.07) is 21.7. The van der Waals surface area contributed by atoms with Crippen LogP contribution in [0.3, 0.4) is 0 Å². The second kappa shape index (κ2) is 7.92. The predicted octanol–water partition coefficient (Wildman–Crippen LogP) is 3.62. The molecule has 2 N–H and O–H groups in total. The molecule has 1 heterocycles. The van der Waals surface area contributed by atoms with Crippen molar-refractivity contribution in [2.45, 2.75) is 13.1 Å². The van der Waals surface area contributed by atoms with Crippen LogP contribution in [-0.2, 0) is 13.1 Å². The van der Waals surface area contributed by atoms with E-state index in [-0.39, 0.29) is 5.91 Å². The number of benzene rings is 2. The molecule has 4 nitrogen and oxygen atoms in total. The first-order valence-electron chi connectivity index (χ1n) is 7.86. The molecule has 0 radical (unpaired) electrons. The highest BCUT2D eigenvalue weighted by Crippen LogP contribution is 2.11. The highest BCUT2D eigenvalue weighted by Gasteiger charge is 2.07. The van der Waals surface area contributed by atoms with Crippen molar-refractivity contribution in [3.05, 3.63) is 95.8 Å². The van der Waals surface area contributed by atoms with E-state index < -0.39 is 0 Å². The summed E-state index contributed by atoms with van der Waals surface area (Å²) in [7, 11) is 0. The van der Waals surface area contributed by atoms with E-state index in [0.717, 1.165) is 11.3 Å². The zero-order chi connectivity index (χ0) is 16.6. The lowest BCUT2D eigenvalue weighted by atomic mass is 10.2. The van der Waals surface area contributed by atoms with Crippen LogP contribution < -0.4 is 10.6 Å². The number of carbonyl (C=O) groups is 1. The highest BCUT2D eigenvalue weighted by molar-refractivity contribution is 5.94. The van der Waals surface area contributed by atoms with Gasteiger partial charge < -0.3 is 10.6 Å². The van der Waals surface area contributed by atoms with E-state index in [9.17, 15) is 4.79 Å². The van der Waals surface area contributed by atoms with Crippen LogP contribution in [0, 0.1) is 0 Å². The number of pyridine rings is 1. The van der Waals surface area contributed by atoms with Gasteiger partial charge in [-0.15, -0.1) is 0 Å². The van der Waals surface area contributed by atoms with E-state index >= 15 is 0 Å². The van der Waals surface area contributed by atoms with E-state index in [1.54, 1.807) is 12.4 Å². The Morgan fingerprint density at radius 1 is 0.833 bits per heavy atom. The van der Waals surface area contributed by atoms with Crippen molar-refractivity contribution in [2.24, 2.45) is 0 Å². The molecule has 120 valence electrons. The Bertz CT molecular complexity index is 788. The number of aromatic nitrogens is 1. The van der Waals surface area contributed by atoms with Gasteiger partial charge in [-0.25, -0.2) is 0 Å². The zero-order valence-corrected chi connectivity index (χ0v) is 13.3. The molecule has 1 amide bonds. The third-order valence-electron chi connectivity index (χ3n) is 3.64. The molecule has 0 bridgehead atoms. The van der Waals surface area contributed by atoms with E-state index in [1.807, 2.05) is 54.6 Å². The molecule has 1 aromatic heterocycles. The molecule has 4 heteroatoms. The third kappa shape index (κ3) is 4.43. The molecule has 0 spiro atoms. The van der Waals surface area contributed by atoms with Gasteiger partial charge in [-0.2, -0.15) is 0 Å². The van der Waals surface area contributed by atoms with E-state index in [1.165, 1.54) is 5.56 Å². The number of anilines is 1. The molecule has 0 aliphatic carbocycles. The normalized spacial score (nSPS) is 10.2. The van der Waals surface area contributed by atoms with Crippen LogP contribution in [0.5, 0.6) is 0 Å². The lowest BCUT2D eigenvalue weighted by molar-refractivity contribution is 0.0950. The first kappa shape index (κ1) is 15.7. The molecular formula is C20H19N3O. The van der Waals surface area contributed by atoms with E-state index in [2.05, 4.69) is 27.8 Å². The fourth-order valence-electron chi connectivity index (χ4n) is 2.34. The second-order valence-corrected chi connectivity index (χ2v) is 5.47. The van der Waals surface area contributed by atoms with Crippen molar-refractivity contribution in [2.75, 3.05) is 5.32 Å². The summed E-state index contributed by atoms with van der Waals surface area (Å²) >= 11 is 0. The lowest BCUT2D eigenvalue weighted by Crippen LogP contribution is -2.23. The number of amides is 1. The molecule has 3 aromatic rings. The maximum absolute atomic E-state index is 12.3. The minimum absolute atomic E-state index is 0.130. The molecule has 0 unspecified atom stereocenters. The quantitative estimate of drug-likeness (QED) is 0.730. The van der Waals surface area contributed by atoms with Crippen molar-refractivity contribution in [1.82, 2.24) is 10.3 Å². The molecule has 0 saturated heterocycles. The summed E-state index contributed by atoms with van der Waals surface area (Å²) in [5.41, 5.74) is 3.61. The maximum Gasteiger partial charge on any atom is 0.253 e. The van der Waals surface area contributed by atoms with Gasteiger partial charge in [0.2, 0.25) is 0 Å². The summed E-state index contributed by atoms with van der Waals surface area (Å²) in [5.74, 6) is -0.130. The highest BCUT2D eigenvalue weighted by atomic mass is 16.1. The first-order chi connectivity index (χ1) is 11.8. The van der Waals surface area contributed by atoms with Crippen LogP contribution in [0.25, 0.3) is 0 Å². The second-order valence-electron chi connectivity index (χ2n) is 5.47.